The van der Waals surface area contributed by atoms with Gasteiger partial charge < -0.3 is 4.74 Å². The van der Waals surface area contributed by atoms with E-state index >= 15 is 0 Å². The minimum Gasteiger partial charge on any atom is -0.487 e. The maximum absolute atomic E-state index is 13.1. The highest BCUT2D eigenvalue weighted by Gasteiger charge is 2.37. The smallest absolute Gasteiger partial charge is 0.335 e. The van der Waals surface area contributed by atoms with Crippen molar-refractivity contribution < 1.29 is 23.5 Å². The first-order valence-corrected chi connectivity index (χ1v) is 10.9. The first kappa shape index (κ1) is 23.2. The Labute approximate surface area is 200 Å². The second-order valence-corrected chi connectivity index (χ2v) is 7.95. The fourth-order valence-corrected chi connectivity index (χ4v) is 3.78. The van der Waals surface area contributed by atoms with E-state index in [0.717, 1.165) is 16.0 Å². The molecule has 0 spiro atoms. The predicted molar refractivity (Wildman–Crippen MR) is 127 cm³/mol. The van der Waals surface area contributed by atoms with E-state index in [1.54, 1.807) is 42.5 Å². The number of anilines is 1. The lowest BCUT2D eigenvalue weighted by molar-refractivity contribution is -0.122. The highest BCUT2D eigenvalue weighted by molar-refractivity contribution is 6.39. The summed E-state index contributed by atoms with van der Waals surface area (Å²) in [6.07, 6.45) is 1.98. The Morgan fingerprint density at radius 2 is 1.76 bits per heavy atom. The second kappa shape index (κ2) is 9.89. The number of hydrogen-bond acceptors (Lipinski definition) is 4. The van der Waals surface area contributed by atoms with E-state index in [1.165, 1.54) is 18.2 Å². The summed E-state index contributed by atoms with van der Waals surface area (Å²) >= 11 is 6.33. The number of hydrogen-bond donors (Lipinski definition) is 1. The normalized spacial score (nSPS) is 15.0. The first-order chi connectivity index (χ1) is 16.4. The monoisotopic (exact) mass is 478 g/mol. The molecule has 1 N–H and O–H groups in total. The number of imide groups is 2. The van der Waals surface area contributed by atoms with Crippen LogP contribution in [0.3, 0.4) is 0 Å². The van der Waals surface area contributed by atoms with Crippen molar-refractivity contribution in [3.05, 3.63) is 99.8 Å². The number of carbonyl (C=O) groups is 3. The van der Waals surface area contributed by atoms with Gasteiger partial charge in [0.1, 0.15) is 23.7 Å². The van der Waals surface area contributed by atoms with Crippen molar-refractivity contribution in [3.8, 4) is 5.75 Å². The second-order valence-electron chi connectivity index (χ2n) is 7.55. The maximum atomic E-state index is 13.1. The minimum absolute atomic E-state index is 0.190. The molecule has 4 amide bonds. The van der Waals surface area contributed by atoms with Crippen LogP contribution < -0.4 is 15.0 Å². The molecule has 4 rings (SSSR count). The molecule has 1 heterocycles. The van der Waals surface area contributed by atoms with E-state index in [-0.39, 0.29) is 23.0 Å². The van der Waals surface area contributed by atoms with Gasteiger partial charge in [0, 0.05) is 0 Å². The molecule has 0 saturated carbocycles. The fourth-order valence-electron chi connectivity index (χ4n) is 3.54. The van der Waals surface area contributed by atoms with E-state index in [4.69, 9.17) is 16.3 Å². The van der Waals surface area contributed by atoms with Gasteiger partial charge in [0.15, 0.2) is 0 Å². The Bertz CT molecular complexity index is 1300. The Kier molecular flexibility index (Phi) is 6.75. The van der Waals surface area contributed by atoms with Gasteiger partial charge in [0.25, 0.3) is 11.8 Å². The summed E-state index contributed by atoms with van der Waals surface area (Å²) in [5, 5.41) is 2.49. The summed E-state index contributed by atoms with van der Waals surface area (Å²) < 4.78 is 18.7. The standard InChI is InChI=1S/C26H20ClFN2O4/c1-2-18-5-3-4-6-22(18)30-25(32)20(24(31)29-26(30)33)13-17-9-12-23(21(27)14-17)34-15-16-7-10-19(28)11-8-16/h3-14H,2,15H2,1H3,(H,29,31,33)/b20-13-. The number of rotatable bonds is 6. The predicted octanol–water partition coefficient (Wildman–Crippen LogP) is 5.29. The lowest BCUT2D eigenvalue weighted by atomic mass is 10.0. The van der Waals surface area contributed by atoms with Crippen LogP contribution in [0.25, 0.3) is 6.08 Å². The van der Waals surface area contributed by atoms with Gasteiger partial charge in [-0.3, -0.25) is 14.9 Å². The van der Waals surface area contributed by atoms with E-state index < -0.39 is 17.8 Å². The quantitative estimate of drug-likeness (QED) is 0.386. The van der Waals surface area contributed by atoms with Gasteiger partial charge in [-0.15, -0.1) is 0 Å². The number of barbiturate groups is 1. The molecule has 0 aliphatic carbocycles. The van der Waals surface area contributed by atoms with Crippen LogP contribution in [0.2, 0.25) is 5.02 Å². The molecule has 0 atom stereocenters. The third-order valence-corrected chi connectivity index (χ3v) is 5.59. The highest BCUT2D eigenvalue weighted by atomic mass is 35.5. The summed E-state index contributed by atoms with van der Waals surface area (Å²) in [6, 6.07) is 16.9. The highest BCUT2D eigenvalue weighted by Crippen LogP contribution is 2.29. The third kappa shape index (κ3) is 4.84. The maximum Gasteiger partial charge on any atom is 0.335 e. The molecule has 1 aliphatic heterocycles. The molecule has 0 radical (unpaired) electrons. The minimum atomic E-state index is -0.796. The van der Waals surface area contributed by atoms with Crippen molar-refractivity contribution in [2.24, 2.45) is 0 Å². The van der Waals surface area contributed by atoms with E-state index in [0.29, 0.717) is 23.4 Å². The summed E-state index contributed by atoms with van der Waals surface area (Å²) in [5.41, 5.74) is 2.28. The van der Waals surface area contributed by atoms with E-state index in [2.05, 4.69) is 5.32 Å². The number of para-hydroxylation sites is 1. The molecule has 1 saturated heterocycles. The van der Waals surface area contributed by atoms with Crippen LogP contribution in [0.1, 0.15) is 23.6 Å². The van der Waals surface area contributed by atoms with Crippen molar-refractivity contribution in [2.45, 2.75) is 20.0 Å². The number of halogens is 2. The van der Waals surface area contributed by atoms with Crippen molar-refractivity contribution >= 4 is 41.2 Å². The van der Waals surface area contributed by atoms with Crippen LogP contribution in [0.15, 0.2) is 72.3 Å². The van der Waals surface area contributed by atoms with Crippen LogP contribution in [-0.2, 0) is 22.6 Å². The van der Waals surface area contributed by atoms with Gasteiger partial charge in [-0.25, -0.2) is 14.1 Å². The van der Waals surface area contributed by atoms with Crippen LogP contribution >= 0.6 is 11.6 Å². The fraction of sp³-hybridized carbons (Fsp3) is 0.115. The number of aryl methyl sites for hydroxylation is 1. The van der Waals surface area contributed by atoms with Crippen molar-refractivity contribution in [1.82, 2.24) is 5.32 Å². The van der Waals surface area contributed by atoms with Gasteiger partial charge in [-0.05, 0) is 59.5 Å². The molecule has 3 aromatic carbocycles. The number of urea groups is 1. The molecular weight excluding hydrogens is 459 g/mol. The molecule has 0 bridgehead atoms. The zero-order valence-electron chi connectivity index (χ0n) is 18.2. The Hall–Kier alpha value is -3.97. The van der Waals surface area contributed by atoms with E-state index in [1.807, 2.05) is 19.1 Å². The largest absolute Gasteiger partial charge is 0.487 e. The topological polar surface area (TPSA) is 75.7 Å². The third-order valence-electron chi connectivity index (χ3n) is 5.29. The zero-order valence-corrected chi connectivity index (χ0v) is 18.9. The van der Waals surface area contributed by atoms with Gasteiger partial charge in [-0.1, -0.05) is 54.9 Å². The molecular formula is C26H20ClFN2O4. The van der Waals surface area contributed by atoms with Crippen LogP contribution in [0.5, 0.6) is 5.75 Å². The average molecular weight is 479 g/mol. The van der Waals surface area contributed by atoms with Crippen molar-refractivity contribution in [3.63, 3.8) is 0 Å². The molecule has 6 nitrogen and oxygen atoms in total. The van der Waals surface area contributed by atoms with Crippen molar-refractivity contribution in [1.29, 1.82) is 0 Å². The Balaban J connectivity index is 1.57. The Morgan fingerprint density at radius 1 is 1.03 bits per heavy atom. The first-order valence-electron chi connectivity index (χ1n) is 10.5. The SMILES string of the molecule is CCc1ccccc1N1C(=O)NC(=O)/C(=C/c2ccc(OCc3ccc(F)cc3)c(Cl)c2)C1=O. The van der Waals surface area contributed by atoms with Crippen LogP contribution in [-0.4, -0.2) is 17.8 Å². The summed E-state index contributed by atoms with van der Waals surface area (Å²) in [4.78, 5) is 39.0. The molecule has 1 aliphatic rings. The lowest BCUT2D eigenvalue weighted by Gasteiger charge is -2.28. The number of nitrogens with one attached hydrogen (secondary N) is 1. The summed E-state index contributed by atoms with van der Waals surface area (Å²) in [7, 11) is 0. The zero-order chi connectivity index (χ0) is 24.2. The number of amides is 4. The van der Waals surface area contributed by atoms with Crippen LogP contribution in [0, 0.1) is 5.82 Å². The summed E-state index contributed by atoms with van der Waals surface area (Å²) in [5.74, 6) is -1.45. The van der Waals surface area contributed by atoms with Gasteiger partial charge in [-0.2, -0.15) is 0 Å². The molecule has 172 valence electrons. The lowest BCUT2D eigenvalue weighted by Crippen LogP contribution is -2.54. The van der Waals surface area contributed by atoms with Crippen LogP contribution in [0.4, 0.5) is 14.9 Å². The molecule has 34 heavy (non-hydrogen) atoms. The molecule has 3 aromatic rings. The molecule has 8 heteroatoms. The number of benzene rings is 3. The Morgan fingerprint density at radius 3 is 2.47 bits per heavy atom. The van der Waals surface area contributed by atoms with Gasteiger partial charge >= 0.3 is 6.03 Å². The number of nitrogens with zero attached hydrogens (tertiary/aromatic N) is 1. The van der Waals surface area contributed by atoms with Gasteiger partial charge in [0.2, 0.25) is 0 Å². The number of carbonyl (C=O) groups excluding carboxylic acids is 3. The molecule has 0 aromatic heterocycles. The molecule has 1 fully saturated rings. The summed E-state index contributed by atoms with van der Waals surface area (Å²) in [6.45, 7) is 2.10. The molecule has 0 unspecified atom stereocenters. The van der Waals surface area contributed by atoms with E-state index in [9.17, 15) is 18.8 Å². The average Bonchev–Trinajstić information content (AvgIpc) is 2.82. The van der Waals surface area contributed by atoms with Crippen molar-refractivity contribution in [2.75, 3.05) is 4.90 Å². The number of ether oxygens (including phenoxy) is 1. The van der Waals surface area contributed by atoms with Gasteiger partial charge in [0.05, 0.1) is 10.7 Å².